The van der Waals surface area contributed by atoms with Gasteiger partial charge in [-0.05, 0) is 49.0 Å². The van der Waals surface area contributed by atoms with Gasteiger partial charge in [0.25, 0.3) is 0 Å². The Morgan fingerprint density at radius 2 is 1.94 bits per heavy atom. The summed E-state index contributed by atoms with van der Waals surface area (Å²) >= 11 is 1.57. The first-order chi connectivity index (χ1) is 8.74. The topological polar surface area (TPSA) is 46.3 Å². The maximum atomic E-state index is 12.5. The van der Waals surface area contributed by atoms with Gasteiger partial charge in [-0.15, -0.1) is 11.3 Å². The van der Waals surface area contributed by atoms with Gasteiger partial charge < -0.3 is 10.6 Å². The largest absolute Gasteiger partial charge is 0.340 e. The van der Waals surface area contributed by atoms with Gasteiger partial charge >= 0.3 is 0 Å². The van der Waals surface area contributed by atoms with Crippen LogP contribution in [0.3, 0.4) is 0 Å². The van der Waals surface area contributed by atoms with E-state index >= 15 is 0 Å². The summed E-state index contributed by atoms with van der Waals surface area (Å²) in [6, 6.07) is 3.46. The van der Waals surface area contributed by atoms with Gasteiger partial charge in [-0.2, -0.15) is 0 Å². The summed E-state index contributed by atoms with van der Waals surface area (Å²) in [4.78, 5) is 15.5. The van der Waals surface area contributed by atoms with E-state index in [1.807, 2.05) is 22.4 Å². The average Bonchev–Trinajstić information content (AvgIpc) is 3.29. The summed E-state index contributed by atoms with van der Waals surface area (Å²) in [6.07, 6.45) is 5.12. The molecule has 1 aromatic rings. The fraction of sp³-hybridized carbons (Fsp3) is 0.643. The Morgan fingerprint density at radius 1 is 1.33 bits per heavy atom. The molecular formula is C14H20N2OS. The summed E-state index contributed by atoms with van der Waals surface area (Å²) in [5.41, 5.74) is 6.10. The summed E-state index contributed by atoms with van der Waals surface area (Å²) < 4.78 is 0. The molecule has 1 unspecified atom stereocenters. The second-order valence-corrected chi connectivity index (χ2v) is 6.60. The average molecular weight is 264 g/mol. The van der Waals surface area contributed by atoms with Gasteiger partial charge in [-0.3, -0.25) is 4.79 Å². The predicted octanol–water partition coefficient (Wildman–Crippen LogP) is 2.40. The van der Waals surface area contributed by atoms with E-state index in [0.717, 1.165) is 29.8 Å². The monoisotopic (exact) mass is 264 g/mol. The first-order valence-electron chi connectivity index (χ1n) is 6.82. The lowest BCUT2D eigenvalue weighted by Crippen LogP contribution is -2.40. The van der Waals surface area contributed by atoms with E-state index in [-0.39, 0.29) is 5.91 Å². The van der Waals surface area contributed by atoms with Crippen LogP contribution in [0.15, 0.2) is 17.5 Å². The molecule has 0 spiro atoms. The van der Waals surface area contributed by atoms with Crippen molar-refractivity contribution in [2.75, 3.05) is 13.1 Å². The molecule has 0 aromatic carbocycles. The molecule has 0 radical (unpaired) electrons. The zero-order valence-electron chi connectivity index (χ0n) is 10.5. The molecule has 1 heterocycles. The standard InChI is InChI=1S/C14H20N2OS/c15-13(12-2-1-7-18-12)14(17)16(8-10-3-4-10)9-11-5-6-11/h1-2,7,10-11,13H,3-6,8-9,15H2. The van der Waals surface area contributed by atoms with Gasteiger partial charge in [0.2, 0.25) is 5.91 Å². The highest BCUT2D eigenvalue weighted by molar-refractivity contribution is 7.10. The molecule has 1 aromatic heterocycles. The molecule has 1 atom stereocenters. The highest BCUT2D eigenvalue weighted by atomic mass is 32.1. The number of rotatable bonds is 6. The van der Waals surface area contributed by atoms with Gasteiger partial charge in [-0.1, -0.05) is 6.07 Å². The molecule has 0 bridgehead atoms. The van der Waals surface area contributed by atoms with Crippen molar-refractivity contribution >= 4 is 17.2 Å². The third-order valence-electron chi connectivity index (χ3n) is 3.78. The highest BCUT2D eigenvalue weighted by Gasteiger charge is 2.33. The van der Waals surface area contributed by atoms with Crippen LogP contribution in [0.4, 0.5) is 0 Å². The maximum Gasteiger partial charge on any atom is 0.244 e. The Morgan fingerprint density at radius 3 is 2.39 bits per heavy atom. The lowest BCUT2D eigenvalue weighted by molar-refractivity contribution is -0.133. The van der Waals surface area contributed by atoms with Crippen LogP contribution in [0.25, 0.3) is 0 Å². The number of hydrogen-bond donors (Lipinski definition) is 1. The maximum absolute atomic E-state index is 12.5. The molecular weight excluding hydrogens is 244 g/mol. The van der Waals surface area contributed by atoms with Crippen LogP contribution in [-0.2, 0) is 4.79 Å². The number of hydrogen-bond acceptors (Lipinski definition) is 3. The first-order valence-corrected chi connectivity index (χ1v) is 7.70. The van der Waals surface area contributed by atoms with Crippen molar-refractivity contribution in [1.29, 1.82) is 0 Å². The Hall–Kier alpha value is -0.870. The van der Waals surface area contributed by atoms with Crippen molar-refractivity contribution in [3.8, 4) is 0 Å². The minimum absolute atomic E-state index is 0.122. The summed E-state index contributed by atoms with van der Waals surface area (Å²) in [6.45, 7) is 1.85. The number of nitrogens with two attached hydrogens (primary N) is 1. The van der Waals surface area contributed by atoms with Gasteiger partial charge in [0.15, 0.2) is 0 Å². The Kier molecular flexibility index (Phi) is 3.39. The van der Waals surface area contributed by atoms with Crippen molar-refractivity contribution in [2.24, 2.45) is 17.6 Å². The number of amides is 1. The summed E-state index contributed by atoms with van der Waals surface area (Å²) in [5, 5.41) is 1.98. The van der Waals surface area contributed by atoms with Crippen molar-refractivity contribution in [3.05, 3.63) is 22.4 Å². The molecule has 4 heteroatoms. The lowest BCUT2D eigenvalue weighted by atomic mass is 10.2. The second-order valence-electron chi connectivity index (χ2n) is 5.62. The van der Waals surface area contributed by atoms with Crippen LogP contribution in [0.1, 0.15) is 36.6 Å². The summed E-state index contributed by atoms with van der Waals surface area (Å²) in [7, 11) is 0. The molecule has 3 nitrogen and oxygen atoms in total. The van der Waals surface area contributed by atoms with Crippen LogP contribution in [0.2, 0.25) is 0 Å². The second kappa shape index (κ2) is 5.02. The predicted molar refractivity (Wildman–Crippen MR) is 73.3 cm³/mol. The van der Waals surface area contributed by atoms with E-state index < -0.39 is 6.04 Å². The number of thiophene rings is 1. The Bertz CT molecular complexity index is 395. The molecule has 1 amide bonds. The van der Waals surface area contributed by atoms with Crippen LogP contribution in [-0.4, -0.2) is 23.9 Å². The van der Waals surface area contributed by atoms with Gasteiger partial charge in [0.1, 0.15) is 6.04 Å². The van der Waals surface area contributed by atoms with Gasteiger partial charge in [-0.25, -0.2) is 0 Å². The van der Waals surface area contributed by atoms with Crippen LogP contribution in [0.5, 0.6) is 0 Å². The highest BCUT2D eigenvalue weighted by Crippen LogP contribution is 2.34. The molecule has 2 fully saturated rings. The molecule has 0 saturated heterocycles. The number of carbonyl (C=O) groups excluding carboxylic acids is 1. The van der Waals surface area contributed by atoms with Crippen molar-refractivity contribution in [3.63, 3.8) is 0 Å². The molecule has 2 aliphatic carbocycles. The Labute approximate surface area is 112 Å². The third kappa shape index (κ3) is 2.93. The fourth-order valence-electron chi connectivity index (χ4n) is 2.27. The van der Waals surface area contributed by atoms with E-state index in [1.165, 1.54) is 25.7 Å². The first kappa shape index (κ1) is 12.2. The Balaban J connectivity index is 1.65. The zero-order chi connectivity index (χ0) is 12.5. The van der Waals surface area contributed by atoms with Gasteiger partial charge in [0.05, 0.1) is 0 Å². The number of nitrogens with zero attached hydrogens (tertiary/aromatic N) is 1. The van der Waals surface area contributed by atoms with Crippen molar-refractivity contribution in [2.45, 2.75) is 31.7 Å². The lowest BCUT2D eigenvalue weighted by Gasteiger charge is -2.25. The molecule has 3 rings (SSSR count). The quantitative estimate of drug-likeness (QED) is 0.857. The van der Waals surface area contributed by atoms with E-state index in [2.05, 4.69) is 0 Å². The van der Waals surface area contributed by atoms with Crippen LogP contribution < -0.4 is 5.73 Å². The number of carbonyl (C=O) groups is 1. The molecule has 2 saturated carbocycles. The SMILES string of the molecule is NC(C(=O)N(CC1CC1)CC1CC1)c1cccs1. The molecule has 98 valence electrons. The van der Waals surface area contributed by atoms with E-state index in [4.69, 9.17) is 5.73 Å². The molecule has 2 aliphatic rings. The van der Waals surface area contributed by atoms with Crippen LogP contribution >= 0.6 is 11.3 Å². The van der Waals surface area contributed by atoms with Crippen LogP contribution in [0, 0.1) is 11.8 Å². The molecule has 0 aliphatic heterocycles. The van der Waals surface area contributed by atoms with E-state index in [9.17, 15) is 4.79 Å². The minimum atomic E-state index is -0.456. The smallest absolute Gasteiger partial charge is 0.244 e. The van der Waals surface area contributed by atoms with Crippen molar-refractivity contribution in [1.82, 2.24) is 4.90 Å². The normalized spacial score (nSPS) is 20.7. The fourth-order valence-corrected chi connectivity index (χ4v) is 2.98. The molecule has 2 N–H and O–H groups in total. The zero-order valence-corrected chi connectivity index (χ0v) is 11.4. The molecule has 18 heavy (non-hydrogen) atoms. The third-order valence-corrected chi connectivity index (χ3v) is 4.73. The van der Waals surface area contributed by atoms with Crippen molar-refractivity contribution < 1.29 is 4.79 Å². The van der Waals surface area contributed by atoms with E-state index in [1.54, 1.807) is 11.3 Å². The van der Waals surface area contributed by atoms with E-state index in [0.29, 0.717) is 0 Å². The van der Waals surface area contributed by atoms with Gasteiger partial charge in [0, 0.05) is 18.0 Å². The minimum Gasteiger partial charge on any atom is -0.340 e. The summed E-state index contributed by atoms with van der Waals surface area (Å²) in [5.74, 6) is 1.60.